The van der Waals surface area contributed by atoms with E-state index < -0.39 is 32.6 Å². The lowest BCUT2D eigenvalue weighted by Gasteiger charge is -2.36. The van der Waals surface area contributed by atoms with Crippen LogP contribution in [0, 0.1) is 0 Å². The van der Waals surface area contributed by atoms with Gasteiger partial charge in [0.25, 0.3) is 0 Å². The number of carbonyl (C=O) groups is 2. The van der Waals surface area contributed by atoms with E-state index in [0.29, 0.717) is 12.2 Å². The van der Waals surface area contributed by atoms with Crippen molar-refractivity contribution >= 4 is 20.3 Å². The minimum Gasteiger partial charge on any atom is -0.481 e. The summed E-state index contributed by atoms with van der Waals surface area (Å²) in [7, 11) is -1.83. The molecule has 1 rings (SSSR count). The van der Waals surface area contributed by atoms with Gasteiger partial charge in [0.2, 0.25) is 0 Å². The molecule has 0 fully saturated rings. The van der Waals surface area contributed by atoms with Gasteiger partial charge in [0.1, 0.15) is 0 Å². The van der Waals surface area contributed by atoms with Crippen molar-refractivity contribution in [1.82, 2.24) is 0 Å². The Bertz CT molecular complexity index is 557. The molecule has 5 nitrogen and oxygen atoms in total. The van der Waals surface area contributed by atoms with E-state index in [-0.39, 0.29) is 5.04 Å². The molecule has 0 radical (unpaired) electrons. The normalized spacial score (nSPS) is 13.6. The lowest BCUT2D eigenvalue weighted by Crippen LogP contribution is -2.40. The minimum atomic E-state index is -1.83. The Kier molecular flexibility index (Phi) is 6.13. The van der Waals surface area contributed by atoms with E-state index in [1.165, 1.54) is 0 Å². The first-order valence-electron chi connectivity index (χ1n) is 7.61. The highest BCUT2D eigenvalue weighted by molar-refractivity contribution is 6.74. The maximum absolute atomic E-state index is 11.2. The Morgan fingerprint density at radius 1 is 1.13 bits per heavy atom. The van der Waals surface area contributed by atoms with Crippen molar-refractivity contribution < 1.29 is 24.2 Å². The van der Waals surface area contributed by atoms with Crippen LogP contribution in [-0.4, -0.2) is 30.5 Å². The first kappa shape index (κ1) is 19.4. The summed E-state index contributed by atoms with van der Waals surface area (Å²) in [5.74, 6) is -3.27. The molecule has 0 aliphatic carbocycles. The average molecular weight is 338 g/mol. The van der Waals surface area contributed by atoms with Crippen molar-refractivity contribution in [2.45, 2.75) is 57.8 Å². The van der Waals surface area contributed by atoms with Gasteiger partial charge < -0.3 is 14.6 Å². The summed E-state index contributed by atoms with van der Waals surface area (Å²) in [6, 6.07) is 6.96. The molecule has 0 heterocycles. The minimum absolute atomic E-state index is 0.128. The molecule has 0 bridgehead atoms. The van der Waals surface area contributed by atoms with Crippen molar-refractivity contribution in [1.29, 1.82) is 0 Å². The molecule has 0 spiro atoms. The molecule has 0 aliphatic rings. The number of aliphatic carboxylic acids is 2. The van der Waals surface area contributed by atoms with Crippen LogP contribution in [-0.2, 0) is 20.6 Å². The van der Waals surface area contributed by atoms with Gasteiger partial charge in [0.15, 0.2) is 8.32 Å². The van der Waals surface area contributed by atoms with Gasteiger partial charge in [-0.3, -0.25) is 9.59 Å². The third kappa shape index (κ3) is 5.48. The largest absolute Gasteiger partial charge is 0.481 e. The molecule has 0 saturated heterocycles. The van der Waals surface area contributed by atoms with Crippen molar-refractivity contribution in [3.05, 3.63) is 35.4 Å². The predicted octanol–water partition coefficient (Wildman–Crippen LogP) is 3.85. The van der Waals surface area contributed by atoms with Crippen LogP contribution >= 0.6 is 0 Å². The highest BCUT2D eigenvalue weighted by Crippen LogP contribution is 2.37. The first-order valence-corrected chi connectivity index (χ1v) is 10.5. The van der Waals surface area contributed by atoms with E-state index in [9.17, 15) is 9.59 Å². The zero-order chi connectivity index (χ0) is 17.8. The Labute approximate surface area is 138 Å². The maximum Gasteiger partial charge on any atom is 0.311 e. The number of benzene rings is 1. The summed E-state index contributed by atoms with van der Waals surface area (Å²) in [5.41, 5.74) is 1.45. The van der Waals surface area contributed by atoms with Crippen LogP contribution in [0.2, 0.25) is 18.1 Å². The summed E-state index contributed by atoms with van der Waals surface area (Å²) in [6.07, 6.45) is -0.421. The molecule has 2 N–H and O–H groups in total. The SMILES string of the molecule is CC(C)(C)[Si](C)(C)OCc1ccc(C(CC(=O)O)C(=O)O)cc1. The molecule has 128 valence electrons. The number of carboxylic acids is 2. The van der Waals surface area contributed by atoms with Crippen LogP contribution in [0.15, 0.2) is 24.3 Å². The first-order chi connectivity index (χ1) is 10.4. The van der Waals surface area contributed by atoms with Crippen LogP contribution < -0.4 is 0 Å². The fourth-order valence-corrected chi connectivity index (χ4v) is 2.81. The second-order valence-corrected chi connectivity index (χ2v) is 12.1. The summed E-state index contributed by atoms with van der Waals surface area (Å²) in [6.45, 7) is 11.3. The molecule has 1 aromatic rings. The van der Waals surface area contributed by atoms with Crippen molar-refractivity contribution in [2.75, 3.05) is 0 Å². The molecule has 0 saturated carbocycles. The van der Waals surface area contributed by atoms with Crippen LogP contribution in [0.1, 0.15) is 44.2 Å². The molecule has 1 unspecified atom stereocenters. The van der Waals surface area contributed by atoms with Gasteiger partial charge in [0, 0.05) is 0 Å². The second-order valence-electron chi connectivity index (χ2n) is 7.28. The van der Waals surface area contributed by atoms with Crippen LogP contribution in [0.5, 0.6) is 0 Å². The van der Waals surface area contributed by atoms with Crippen LogP contribution in [0.25, 0.3) is 0 Å². The monoisotopic (exact) mass is 338 g/mol. The number of carboxylic acid groups (broad SMARTS) is 2. The van der Waals surface area contributed by atoms with Crippen molar-refractivity contribution in [2.24, 2.45) is 0 Å². The molecule has 1 aromatic carbocycles. The van der Waals surface area contributed by atoms with Gasteiger partial charge in [-0.2, -0.15) is 0 Å². The summed E-state index contributed by atoms with van der Waals surface area (Å²) in [5, 5.41) is 18.1. The molecule has 0 aromatic heterocycles. The fraction of sp³-hybridized carbons (Fsp3) is 0.529. The highest BCUT2D eigenvalue weighted by Gasteiger charge is 2.37. The van der Waals surface area contributed by atoms with Gasteiger partial charge in [-0.25, -0.2) is 0 Å². The zero-order valence-electron chi connectivity index (χ0n) is 14.4. The van der Waals surface area contributed by atoms with Gasteiger partial charge in [-0.1, -0.05) is 45.0 Å². The Morgan fingerprint density at radius 2 is 1.65 bits per heavy atom. The van der Waals surface area contributed by atoms with Gasteiger partial charge >= 0.3 is 11.9 Å². The van der Waals surface area contributed by atoms with Gasteiger partial charge in [-0.15, -0.1) is 0 Å². The lowest BCUT2D eigenvalue weighted by atomic mass is 9.95. The van der Waals surface area contributed by atoms with E-state index in [4.69, 9.17) is 14.6 Å². The molecule has 0 aliphatic heterocycles. The number of hydrogen-bond donors (Lipinski definition) is 2. The Balaban J connectivity index is 2.80. The average Bonchev–Trinajstić information content (AvgIpc) is 2.41. The predicted molar refractivity (Wildman–Crippen MR) is 91.1 cm³/mol. The highest BCUT2D eigenvalue weighted by atomic mass is 28.4. The quantitative estimate of drug-likeness (QED) is 0.738. The Morgan fingerprint density at radius 3 is 2.04 bits per heavy atom. The van der Waals surface area contributed by atoms with Gasteiger partial charge in [0.05, 0.1) is 18.9 Å². The Hall–Kier alpha value is -1.66. The molecule has 0 amide bonds. The number of hydrogen-bond acceptors (Lipinski definition) is 3. The zero-order valence-corrected chi connectivity index (χ0v) is 15.4. The van der Waals surface area contributed by atoms with E-state index in [2.05, 4.69) is 33.9 Å². The third-order valence-corrected chi connectivity index (χ3v) is 8.94. The molecule has 23 heavy (non-hydrogen) atoms. The molecule has 1 atom stereocenters. The standard InChI is InChI=1S/C17H26O5Si/c1-17(2,3)23(4,5)22-11-12-6-8-13(9-7-12)14(16(20)21)10-15(18)19/h6-9,14H,10-11H2,1-5H3,(H,18,19)(H,20,21). The van der Waals surface area contributed by atoms with E-state index in [1.807, 2.05) is 0 Å². The summed E-state index contributed by atoms with van der Waals surface area (Å²) >= 11 is 0. The summed E-state index contributed by atoms with van der Waals surface area (Å²) in [4.78, 5) is 22.0. The van der Waals surface area contributed by atoms with Crippen LogP contribution in [0.4, 0.5) is 0 Å². The van der Waals surface area contributed by atoms with Gasteiger partial charge in [-0.05, 0) is 29.3 Å². The third-order valence-electron chi connectivity index (χ3n) is 4.46. The topological polar surface area (TPSA) is 83.8 Å². The molecular formula is C17H26O5Si. The number of rotatable bonds is 7. The smallest absolute Gasteiger partial charge is 0.311 e. The second kappa shape index (κ2) is 7.27. The lowest BCUT2D eigenvalue weighted by molar-refractivity contribution is -0.145. The maximum atomic E-state index is 11.2. The van der Waals surface area contributed by atoms with Crippen molar-refractivity contribution in [3.8, 4) is 0 Å². The van der Waals surface area contributed by atoms with Crippen molar-refractivity contribution in [3.63, 3.8) is 0 Å². The van der Waals surface area contributed by atoms with E-state index in [1.54, 1.807) is 24.3 Å². The fourth-order valence-electron chi connectivity index (χ4n) is 1.85. The molecule has 6 heteroatoms. The molecular weight excluding hydrogens is 312 g/mol. The van der Waals surface area contributed by atoms with Crippen LogP contribution in [0.3, 0.4) is 0 Å². The summed E-state index contributed by atoms with van der Waals surface area (Å²) < 4.78 is 6.12. The van der Waals surface area contributed by atoms with E-state index in [0.717, 1.165) is 5.56 Å². The van der Waals surface area contributed by atoms with E-state index >= 15 is 0 Å².